The number of likely N-dealkylation sites (N-methyl/N-ethyl adjacent to an activating group) is 1. The van der Waals surface area contributed by atoms with Gasteiger partial charge in [0.2, 0.25) is 0 Å². The van der Waals surface area contributed by atoms with Crippen molar-refractivity contribution >= 4 is 27.5 Å². The van der Waals surface area contributed by atoms with Gasteiger partial charge in [-0.15, -0.1) is 0 Å². The van der Waals surface area contributed by atoms with E-state index >= 15 is 0 Å². The summed E-state index contributed by atoms with van der Waals surface area (Å²) in [7, 11) is 1.90. The largest absolute Gasteiger partial charge is 0.313 e. The summed E-state index contributed by atoms with van der Waals surface area (Å²) < 4.78 is 14.1. The minimum absolute atomic E-state index is 0.121. The second kappa shape index (κ2) is 6.51. The Morgan fingerprint density at radius 1 is 1.26 bits per heavy atom. The lowest BCUT2D eigenvalue weighted by atomic mass is 9.99. The average Bonchev–Trinajstić information content (AvgIpc) is 2.39. The molecule has 0 spiro atoms. The van der Waals surface area contributed by atoms with Crippen molar-refractivity contribution in [3.05, 3.63) is 68.9 Å². The first-order valence-corrected chi connectivity index (χ1v) is 7.14. The molecule has 0 radical (unpaired) electrons. The monoisotopic (exact) mass is 341 g/mol. The average molecular weight is 343 g/mol. The van der Waals surface area contributed by atoms with Gasteiger partial charge in [-0.1, -0.05) is 29.8 Å². The molecule has 0 fully saturated rings. The second-order valence-corrected chi connectivity index (χ2v) is 5.61. The molecule has 2 aromatic rings. The van der Waals surface area contributed by atoms with Gasteiger partial charge >= 0.3 is 0 Å². The molecule has 0 saturated carbocycles. The highest BCUT2D eigenvalue weighted by Gasteiger charge is 2.12. The van der Waals surface area contributed by atoms with Crippen molar-refractivity contribution in [2.45, 2.75) is 12.5 Å². The Morgan fingerprint density at radius 2 is 2.05 bits per heavy atom. The van der Waals surface area contributed by atoms with Crippen LogP contribution in [0, 0.1) is 5.82 Å². The lowest BCUT2D eigenvalue weighted by Gasteiger charge is -2.17. The van der Waals surface area contributed by atoms with Crippen LogP contribution in [0.15, 0.2) is 46.9 Å². The van der Waals surface area contributed by atoms with Crippen LogP contribution in [0.1, 0.15) is 17.2 Å². The van der Waals surface area contributed by atoms with E-state index in [1.165, 1.54) is 6.07 Å². The third-order valence-corrected chi connectivity index (χ3v) is 4.24. The van der Waals surface area contributed by atoms with Crippen molar-refractivity contribution in [3.63, 3.8) is 0 Å². The Morgan fingerprint density at radius 3 is 2.68 bits per heavy atom. The topological polar surface area (TPSA) is 12.0 Å². The van der Waals surface area contributed by atoms with E-state index < -0.39 is 0 Å². The predicted molar refractivity (Wildman–Crippen MR) is 81.1 cm³/mol. The first kappa shape index (κ1) is 14.5. The zero-order valence-electron chi connectivity index (χ0n) is 10.5. The van der Waals surface area contributed by atoms with Crippen molar-refractivity contribution in [1.82, 2.24) is 5.32 Å². The lowest BCUT2D eigenvalue weighted by Crippen LogP contribution is -2.18. The Bertz CT molecular complexity index is 574. The van der Waals surface area contributed by atoms with Crippen LogP contribution < -0.4 is 5.32 Å². The molecule has 1 unspecified atom stereocenters. The van der Waals surface area contributed by atoms with Gasteiger partial charge in [0.1, 0.15) is 5.82 Å². The number of nitrogens with one attached hydrogen (secondary N) is 1. The third-order valence-electron chi connectivity index (χ3n) is 3.02. The number of rotatable bonds is 4. The molecule has 2 aromatic carbocycles. The van der Waals surface area contributed by atoms with Crippen LogP contribution in [-0.4, -0.2) is 7.05 Å². The maximum Gasteiger partial charge on any atom is 0.123 e. The molecule has 1 nitrogen and oxygen atoms in total. The van der Waals surface area contributed by atoms with Gasteiger partial charge < -0.3 is 5.32 Å². The van der Waals surface area contributed by atoms with E-state index in [1.807, 2.05) is 31.3 Å². The second-order valence-electron chi connectivity index (χ2n) is 4.35. The van der Waals surface area contributed by atoms with E-state index in [2.05, 4.69) is 21.2 Å². The third kappa shape index (κ3) is 3.78. The van der Waals surface area contributed by atoms with Crippen molar-refractivity contribution in [2.75, 3.05) is 7.05 Å². The van der Waals surface area contributed by atoms with Crippen molar-refractivity contribution < 1.29 is 4.39 Å². The quantitative estimate of drug-likeness (QED) is 0.846. The molecule has 0 bridgehead atoms. The van der Waals surface area contributed by atoms with Crippen molar-refractivity contribution in [2.24, 2.45) is 0 Å². The van der Waals surface area contributed by atoms with Crippen molar-refractivity contribution in [1.29, 1.82) is 0 Å². The van der Waals surface area contributed by atoms with Crippen LogP contribution in [0.25, 0.3) is 0 Å². The van der Waals surface area contributed by atoms with E-state index in [1.54, 1.807) is 12.1 Å². The molecule has 0 aromatic heterocycles. The molecule has 0 aliphatic rings. The molecule has 0 aliphatic heterocycles. The summed E-state index contributed by atoms with van der Waals surface area (Å²) in [6.45, 7) is 0. The molecule has 0 aliphatic carbocycles. The number of hydrogen-bond acceptors (Lipinski definition) is 1. The highest BCUT2D eigenvalue weighted by Crippen LogP contribution is 2.27. The molecular weight excluding hydrogens is 329 g/mol. The highest BCUT2D eigenvalue weighted by molar-refractivity contribution is 9.10. The van der Waals surface area contributed by atoms with Gasteiger partial charge in [0.05, 0.1) is 5.02 Å². The zero-order valence-corrected chi connectivity index (χ0v) is 12.8. The minimum Gasteiger partial charge on any atom is -0.313 e. The van der Waals surface area contributed by atoms with Gasteiger partial charge in [0.25, 0.3) is 0 Å². The minimum atomic E-state index is -0.204. The van der Waals surface area contributed by atoms with E-state index in [4.69, 9.17) is 11.6 Å². The van der Waals surface area contributed by atoms with Crippen LogP contribution in [-0.2, 0) is 6.42 Å². The van der Waals surface area contributed by atoms with Gasteiger partial charge in [-0.2, -0.15) is 0 Å². The van der Waals surface area contributed by atoms with E-state index in [0.29, 0.717) is 5.02 Å². The summed E-state index contributed by atoms with van der Waals surface area (Å²) in [6.07, 6.45) is 0.725. The number of halogens is 3. The smallest absolute Gasteiger partial charge is 0.123 e. The van der Waals surface area contributed by atoms with E-state index in [-0.39, 0.29) is 11.9 Å². The highest BCUT2D eigenvalue weighted by atomic mass is 79.9. The zero-order chi connectivity index (χ0) is 13.8. The molecular formula is C15H14BrClFN. The predicted octanol–water partition coefficient (Wildman–Crippen LogP) is 4.74. The Labute approximate surface area is 125 Å². The maximum absolute atomic E-state index is 13.2. The van der Waals surface area contributed by atoms with Crippen LogP contribution in [0.2, 0.25) is 5.02 Å². The molecule has 1 atom stereocenters. The van der Waals surface area contributed by atoms with Crippen LogP contribution in [0.3, 0.4) is 0 Å². The van der Waals surface area contributed by atoms with Crippen molar-refractivity contribution in [3.8, 4) is 0 Å². The first-order valence-electron chi connectivity index (χ1n) is 5.97. The summed E-state index contributed by atoms with van der Waals surface area (Å²) in [4.78, 5) is 0. The lowest BCUT2D eigenvalue weighted by molar-refractivity contribution is 0.584. The van der Waals surface area contributed by atoms with Crippen LogP contribution >= 0.6 is 27.5 Å². The first-order chi connectivity index (χ1) is 9.10. The standard InChI is InChI=1S/C15H14BrClFN/c1-19-15(8-10-3-2-4-12(18)7-10)11-5-6-14(17)13(16)9-11/h2-7,9,15,19H,8H2,1H3. The Kier molecular flexibility index (Phi) is 4.97. The van der Waals surface area contributed by atoms with Gasteiger partial charge in [-0.3, -0.25) is 0 Å². The fraction of sp³-hybridized carbons (Fsp3) is 0.200. The normalized spacial score (nSPS) is 12.4. The van der Waals surface area contributed by atoms with Gasteiger partial charge in [0.15, 0.2) is 0 Å². The SMILES string of the molecule is CNC(Cc1cccc(F)c1)c1ccc(Cl)c(Br)c1. The molecule has 2 rings (SSSR count). The van der Waals surface area contributed by atoms with Gasteiger partial charge in [0, 0.05) is 10.5 Å². The van der Waals surface area contributed by atoms with E-state index in [9.17, 15) is 4.39 Å². The van der Waals surface area contributed by atoms with E-state index in [0.717, 1.165) is 22.0 Å². The van der Waals surface area contributed by atoms with Crippen LogP contribution in [0.4, 0.5) is 4.39 Å². The summed E-state index contributed by atoms with van der Waals surface area (Å²) in [6, 6.07) is 12.6. The molecule has 0 heterocycles. The summed E-state index contributed by atoms with van der Waals surface area (Å²) >= 11 is 9.41. The molecule has 19 heavy (non-hydrogen) atoms. The fourth-order valence-electron chi connectivity index (χ4n) is 2.02. The van der Waals surface area contributed by atoms with Crippen LogP contribution in [0.5, 0.6) is 0 Å². The Balaban J connectivity index is 2.22. The maximum atomic E-state index is 13.2. The molecule has 0 saturated heterocycles. The van der Waals surface area contributed by atoms with Gasteiger partial charge in [-0.25, -0.2) is 4.39 Å². The summed E-state index contributed by atoms with van der Waals surface area (Å²) in [5, 5.41) is 3.93. The molecule has 100 valence electrons. The fourth-order valence-corrected chi connectivity index (χ4v) is 2.53. The molecule has 4 heteroatoms. The number of benzene rings is 2. The molecule has 1 N–H and O–H groups in total. The number of hydrogen-bond donors (Lipinski definition) is 1. The summed E-state index contributed by atoms with van der Waals surface area (Å²) in [5.74, 6) is -0.204. The molecule has 0 amide bonds. The Hall–Kier alpha value is -0.900. The summed E-state index contributed by atoms with van der Waals surface area (Å²) in [5.41, 5.74) is 2.08. The van der Waals surface area contributed by atoms with Gasteiger partial charge in [-0.05, 0) is 64.8 Å².